The minimum Gasteiger partial charge on any atom is -0.455 e. The van der Waals surface area contributed by atoms with Crippen molar-refractivity contribution >= 4 is 23.4 Å². The first-order valence-corrected chi connectivity index (χ1v) is 14.3. The second-order valence-electron chi connectivity index (χ2n) is 12.4. The fourth-order valence-corrected chi connectivity index (χ4v) is 6.55. The average Bonchev–Trinajstić information content (AvgIpc) is 3.64. The van der Waals surface area contributed by atoms with Gasteiger partial charge in [-0.1, -0.05) is 24.3 Å². The van der Waals surface area contributed by atoms with E-state index in [9.17, 15) is 22.8 Å². The zero-order valence-electron chi connectivity index (χ0n) is 23.9. The third-order valence-electron chi connectivity index (χ3n) is 8.29. The van der Waals surface area contributed by atoms with Crippen molar-refractivity contribution in [3.63, 3.8) is 0 Å². The van der Waals surface area contributed by atoms with Gasteiger partial charge in [-0.05, 0) is 93.5 Å². The number of ether oxygens (including phenoxy) is 1. The van der Waals surface area contributed by atoms with E-state index < -0.39 is 23.0 Å². The summed E-state index contributed by atoms with van der Waals surface area (Å²) in [7, 11) is 0. The van der Waals surface area contributed by atoms with E-state index in [-0.39, 0.29) is 30.3 Å². The van der Waals surface area contributed by atoms with Gasteiger partial charge in [0.05, 0.1) is 6.54 Å². The van der Waals surface area contributed by atoms with Crippen LogP contribution in [0.2, 0.25) is 0 Å². The Bertz CT molecular complexity index is 1530. The molecule has 2 amide bonds. The monoisotopic (exact) mass is 581 g/mol. The predicted molar refractivity (Wildman–Crippen MR) is 151 cm³/mol. The summed E-state index contributed by atoms with van der Waals surface area (Å²) in [6.07, 6.45) is -1.90. The number of likely N-dealkylation sites (tertiary alicyclic amines) is 1. The Balaban J connectivity index is 1.25. The number of nitrogens with one attached hydrogen (secondary N) is 1. The summed E-state index contributed by atoms with van der Waals surface area (Å²) in [4.78, 5) is 30.0. The Labute approximate surface area is 242 Å². The molecule has 1 unspecified atom stereocenters. The number of rotatable bonds is 4. The quantitative estimate of drug-likeness (QED) is 0.363. The van der Waals surface area contributed by atoms with Crippen molar-refractivity contribution < 1.29 is 31.9 Å². The molecule has 0 saturated carbocycles. The molecule has 1 aromatic heterocycles. The number of hydrogen-bond acceptors (Lipinski definition) is 5. The molecule has 3 aromatic rings. The lowest BCUT2D eigenvalue weighted by molar-refractivity contribution is -0.153. The van der Waals surface area contributed by atoms with Crippen LogP contribution in [0.5, 0.6) is 0 Å². The molecular weight excluding hydrogens is 547 g/mol. The molecule has 1 aliphatic carbocycles. The molecule has 3 aliphatic rings. The van der Waals surface area contributed by atoms with E-state index >= 15 is 0 Å². The number of aryl methyl sites for hydroxylation is 1. The summed E-state index contributed by atoms with van der Waals surface area (Å²) in [6, 6.07) is 15.8. The molecule has 2 aliphatic heterocycles. The molecule has 2 aromatic carbocycles. The van der Waals surface area contributed by atoms with Crippen molar-refractivity contribution in [1.29, 1.82) is 0 Å². The van der Waals surface area contributed by atoms with Gasteiger partial charge in [0.15, 0.2) is 0 Å². The number of benzene rings is 2. The van der Waals surface area contributed by atoms with Gasteiger partial charge in [0.25, 0.3) is 0 Å². The lowest BCUT2D eigenvalue weighted by Crippen LogP contribution is -2.43. The number of alkyl halides is 3. The topological polar surface area (TPSA) is 75.0 Å². The zero-order valence-corrected chi connectivity index (χ0v) is 23.9. The van der Waals surface area contributed by atoms with Crippen LogP contribution < -0.4 is 10.2 Å². The average molecular weight is 582 g/mol. The molecular formula is C32H34F3N3O4. The van der Waals surface area contributed by atoms with Gasteiger partial charge in [-0.25, -0.2) is 4.79 Å². The summed E-state index contributed by atoms with van der Waals surface area (Å²) >= 11 is 0. The Morgan fingerprint density at radius 1 is 1.10 bits per heavy atom. The van der Waals surface area contributed by atoms with Gasteiger partial charge in [-0.15, -0.1) is 0 Å². The van der Waals surface area contributed by atoms with E-state index in [0.717, 1.165) is 47.7 Å². The summed E-state index contributed by atoms with van der Waals surface area (Å²) in [5.74, 6) is -1.15. The third-order valence-corrected chi connectivity index (χ3v) is 8.29. The van der Waals surface area contributed by atoms with Crippen molar-refractivity contribution in [2.24, 2.45) is 0 Å². The minimum atomic E-state index is -4.59. The molecule has 3 heterocycles. The van der Waals surface area contributed by atoms with Gasteiger partial charge in [0.1, 0.15) is 16.8 Å². The Morgan fingerprint density at radius 3 is 2.62 bits per heavy atom. The number of furan rings is 1. The highest BCUT2D eigenvalue weighted by Crippen LogP contribution is 2.53. The van der Waals surface area contributed by atoms with Crippen LogP contribution in [0.25, 0.3) is 0 Å². The number of carbonyl (C=O) groups is 2. The van der Waals surface area contributed by atoms with Crippen LogP contribution in [-0.4, -0.2) is 41.6 Å². The summed E-state index contributed by atoms with van der Waals surface area (Å²) in [5.41, 5.74) is 3.01. The molecule has 1 N–H and O–H groups in total. The first-order chi connectivity index (χ1) is 19.8. The molecule has 1 spiro atoms. The number of para-hydroxylation sites is 1. The first-order valence-electron chi connectivity index (χ1n) is 14.3. The van der Waals surface area contributed by atoms with Gasteiger partial charge >= 0.3 is 12.3 Å². The molecule has 6 rings (SSSR count). The van der Waals surface area contributed by atoms with Crippen molar-refractivity contribution in [3.8, 4) is 0 Å². The maximum absolute atomic E-state index is 14.3. The maximum Gasteiger partial charge on any atom is 0.449 e. The lowest BCUT2D eigenvalue weighted by atomic mass is 9.66. The van der Waals surface area contributed by atoms with Crippen LogP contribution in [0, 0.1) is 0 Å². The van der Waals surface area contributed by atoms with E-state index in [4.69, 9.17) is 9.15 Å². The van der Waals surface area contributed by atoms with Crippen molar-refractivity contribution in [2.75, 3.05) is 23.3 Å². The summed E-state index contributed by atoms with van der Waals surface area (Å²) in [6.45, 7) is 6.62. The van der Waals surface area contributed by atoms with Gasteiger partial charge in [-0.3, -0.25) is 4.79 Å². The zero-order chi connectivity index (χ0) is 29.9. The Hall–Kier alpha value is -3.95. The molecule has 10 heteroatoms. The van der Waals surface area contributed by atoms with Gasteiger partial charge < -0.3 is 24.3 Å². The molecule has 0 bridgehead atoms. The number of fused-ring (bicyclic) bond motifs is 4. The lowest BCUT2D eigenvalue weighted by Gasteiger charge is -2.35. The van der Waals surface area contributed by atoms with Crippen LogP contribution >= 0.6 is 0 Å². The van der Waals surface area contributed by atoms with E-state index in [0.29, 0.717) is 25.2 Å². The maximum atomic E-state index is 14.3. The van der Waals surface area contributed by atoms with E-state index in [1.807, 2.05) is 57.2 Å². The van der Waals surface area contributed by atoms with Crippen LogP contribution in [0.15, 0.2) is 59.0 Å². The highest BCUT2D eigenvalue weighted by atomic mass is 19.4. The number of anilines is 2. The molecule has 1 saturated heterocycles. The number of carbonyl (C=O) groups excluding carboxylic acids is 2. The Kier molecular flexibility index (Phi) is 6.78. The minimum absolute atomic E-state index is 0.0762. The largest absolute Gasteiger partial charge is 0.455 e. The summed E-state index contributed by atoms with van der Waals surface area (Å²) in [5, 5.41) is 3.55. The highest BCUT2D eigenvalue weighted by molar-refractivity contribution is 6.10. The number of halogens is 3. The smallest absolute Gasteiger partial charge is 0.449 e. The van der Waals surface area contributed by atoms with Crippen molar-refractivity contribution in [2.45, 2.75) is 76.2 Å². The second-order valence-corrected chi connectivity index (χ2v) is 12.4. The third kappa shape index (κ3) is 5.01. The van der Waals surface area contributed by atoms with Crippen molar-refractivity contribution in [3.05, 3.63) is 82.8 Å². The highest BCUT2D eigenvalue weighted by Gasteiger charge is 2.53. The second kappa shape index (κ2) is 10.1. The first kappa shape index (κ1) is 28.2. The molecule has 42 heavy (non-hydrogen) atoms. The van der Waals surface area contributed by atoms with Crippen LogP contribution in [0.1, 0.15) is 68.2 Å². The SMILES string of the molecule is CC(C)(C)OC(=O)N1CC[C@@H](Nc2ccc3c(c2)CCCC32C(=O)N(Cc3ccc(C(F)(F)F)o3)c3ccccc32)C1. The fourth-order valence-electron chi connectivity index (χ4n) is 6.55. The summed E-state index contributed by atoms with van der Waals surface area (Å²) < 4.78 is 50.1. The molecule has 0 radical (unpaired) electrons. The van der Waals surface area contributed by atoms with E-state index in [1.54, 1.807) is 9.80 Å². The van der Waals surface area contributed by atoms with Crippen molar-refractivity contribution in [1.82, 2.24) is 4.90 Å². The Morgan fingerprint density at radius 2 is 1.88 bits per heavy atom. The number of hydrogen-bond donors (Lipinski definition) is 1. The standard InChI is InChI=1S/C32H34F3N3O4/c1-30(2,3)42-29(40)37-16-14-22(18-37)36-21-10-12-24-20(17-21)7-6-15-31(24)25-8-4-5-9-26(25)38(28(31)39)19-23-11-13-27(41-23)32(33,34)35/h4-5,8-13,17,22,36H,6-7,14-16,18-19H2,1-3H3/t22-,31?/m1/s1. The predicted octanol–water partition coefficient (Wildman–Crippen LogP) is 6.89. The fraction of sp³-hybridized carbons (Fsp3) is 0.438. The van der Waals surface area contributed by atoms with Gasteiger partial charge in [0.2, 0.25) is 11.7 Å². The van der Waals surface area contributed by atoms with Gasteiger partial charge in [0, 0.05) is 30.5 Å². The molecule has 1 fully saturated rings. The number of nitrogens with zero attached hydrogens (tertiary/aromatic N) is 2. The normalized spacial score (nSPS) is 22.0. The van der Waals surface area contributed by atoms with Gasteiger partial charge in [-0.2, -0.15) is 13.2 Å². The molecule has 222 valence electrons. The van der Waals surface area contributed by atoms with E-state index in [1.165, 1.54) is 6.07 Å². The van der Waals surface area contributed by atoms with Crippen LogP contribution in [0.3, 0.4) is 0 Å². The van der Waals surface area contributed by atoms with Crippen LogP contribution in [-0.2, 0) is 34.1 Å². The molecule has 7 nitrogen and oxygen atoms in total. The van der Waals surface area contributed by atoms with E-state index in [2.05, 4.69) is 11.4 Å². The van der Waals surface area contributed by atoms with Crippen LogP contribution in [0.4, 0.5) is 29.3 Å². The number of amides is 2. The molecule has 2 atom stereocenters.